The summed E-state index contributed by atoms with van der Waals surface area (Å²) in [5.41, 5.74) is -0.734. The van der Waals surface area contributed by atoms with Crippen LogP contribution in [-0.4, -0.2) is 58.9 Å². The maximum atomic E-state index is 12.8. The van der Waals surface area contributed by atoms with E-state index < -0.39 is 18.8 Å². The summed E-state index contributed by atoms with van der Waals surface area (Å²) in [6.07, 6.45) is 1.83. The molecule has 0 aromatic carbocycles. The minimum atomic E-state index is -1.10. The molecule has 0 aromatic rings. The lowest BCUT2D eigenvalue weighted by atomic mass is 9.43. The highest BCUT2D eigenvalue weighted by atomic mass is 16.7. The van der Waals surface area contributed by atoms with Crippen LogP contribution in [0.4, 0.5) is 4.79 Å². The van der Waals surface area contributed by atoms with Crippen molar-refractivity contribution in [2.75, 3.05) is 6.54 Å². The zero-order chi connectivity index (χ0) is 22.6. The Labute approximate surface area is 181 Å². The number of rotatable bonds is 6. The van der Waals surface area contributed by atoms with Crippen LogP contribution < -0.4 is 5.32 Å². The molecule has 7 nitrogen and oxygen atoms in total. The molecule has 5 atom stereocenters. The minimum absolute atomic E-state index is 0.0518. The normalized spacial score (nSPS) is 33.0. The van der Waals surface area contributed by atoms with Gasteiger partial charge in [-0.05, 0) is 70.1 Å². The van der Waals surface area contributed by atoms with E-state index in [0.717, 1.165) is 11.3 Å². The van der Waals surface area contributed by atoms with E-state index in [1.54, 1.807) is 20.8 Å². The fourth-order valence-electron chi connectivity index (χ4n) is 5.80. The van der Waals surface area contributed by atoms with Gasteiger partial charge in [0.2, 0.25) is 5.91 Å². The fourth-order valence-corrected chi connectivity index (χ4v) is 5.80. The van der Waals surface area contributed by atoms with Gasteiger partial charge in [-0.25, -0.2) is 4.79 Å². The lowest BCUT2D eigenvalue weighted by Crippen LogP contribution is -2.65. The zero-order valence-electron chi connectivity index (χ0n) is 19.8. The van der Waals surface area contributed by atoms with E-state index in [9.17, 15) is 14.7 Å². The van der Waals surface area contributed by atoms with Gasteiger partial charge in [0, 0.05) is 5.54 Å². The van der Waals surface area contributed by atoms with Crippen LogP contribution >= 0.6 is 0 Å². The van der Waals surface area contributed by atoms with Gasteiger partial charge in [-0.15, -0.1) is 0 Å². The van der Waals surface area contributed by atoms with Crippen LogP contribution in [0.15, 0.2) is 0 Å². The molecule has 0 spiro atoms. The van der Waals surface area contributed by atoms with Crippen LogP contribution in [0.5, 0.6) is 0 Å². The van der Waals surface area contributed by atoms with Crippen LogP contribution in [0.3, 0.4) is 0 Å². The number of nitrogens with one attached hydrogen (secondary N) is 1. The van der Waals surface area contributed by atoms with Gasteiger partial charge in [0.25, 0.3) is 0 Å². The fraction of sp³-hybridized carbons (Fsp3) is 0.909. The lowest BCUT2D eigenvalue weighted by Gasteiger charge is -2.64. The first-order chi connectivity index (χ1) is 13.7. The maximum absolute atomic E-state index is 12.8. The molecule has 1 aliphatic heterocycles. The third-order valence-electron chi connectivity index (χ3n) is 7.71. The molecule has 170 valence electrons. The predicted molar refractivity (Wildman–Crippen MR) is 116 cm³/mol. The highest BCUT2D eigenvalue weighted by Crippen LogP contribution is 2.65. The minimum Gasteiger partial charge on any atom is -0.465 e. The van der Waals surface area contributed by atoms with E-state index in [-0.39, 0.29) is 35.5 Å². The quantitative estimate of drug-likeness (QED) is 0.639. The molecule has 3 aliphatic carbocycles. The summed E-state index contributed by atoms with van der Waals surface area (Å²) in [6, 6.07) is 0. The molecule has 1 saturated heterocycles. The third kappa shape index (κ3) is 4.09. The zero-order valence-corrected chi connectivity index (χ0v) is 19.8. The Morgan fingerprint density at radius 1 is 1.23 bits per heavy atom. The van der Waals surface area contributed by atoms with Gasteiger partial charge in [-0.2, -0.15) is 0 Å². The van der Waals surface area contributed by atoms with Crippen molar-refractivity contribution >= 4 is 19.1 Å². The van der Waals surface area contributed by atoms with E-state index in [1.165, 1.54) is 6.42 Å². The first-order valence-electron chi connectivity index (χ1n) is 11.3. The molecular formula is C22H39BN2O5. The Hall–Kier alpha value is -1.28. The molecule has 4 fully saturated rings. The first-order valence-corrected chi connectivity index (χ1v) is 11.3. The van der Waals surface area contributed by atoms with Gasteiger partial charge < -0.3 is 19.7 Å². The van der Waals surface area contributed by atoms with Gasteiger partial charge in [0.1, 0.15) is 6.54 Å². The molecule has 3 saturated carbocycles. The Bertz CT molecular complexity index is 692. The highest BCUT2D eigenvalue weighted by Gasteiger charge is 2.68. The Balaban J connectivity index is 1.71. The number of nitrogens with zero attached hydrogens (tertiary/aromatic N) is 1. The molecule has 1 heterocycles. The van der Waals surface area contributed by atoms with Crippen molar-refractivity contribution in [1.82, 2.24) is 10.2 Å². The Morgan fingerprint density at radius 2 is 1.87 bits per heavy atom. The summed E-state index contributed by atoms with van der Waals surface area (Å²) < 4.78 is 12.9. The van der Waals surface area contributed by atoms with Crippen molar-refractivity contribution in [2.24, 2.45) is 23.2 Å². The van der Waals surface area contributed by atoms with Crippen LogP contribution in [0.1, 0.15) is 74.7 Å². The van der Waals surface area contributed by atoms with Crippen molar-refractivity contribution in [1.29, 1.82) is 0 Å². The second-order valence-corrected chi connectivity index (χ2v) is 11.7. The van der Waals surface area contributed by atoms with E-state index in [1.807, 2.05) is 0 Å². The summed E-state index contributed by atoms with van der Waals surface area (Å²) in [5.74, 6) is 0.821. The molecule has 2 bridgehead atoms. The summed E-state index contributed by atoms with van der Waals surface area (Å²) in [6.45, 7) is 16.1. The number of carbonyl (C=O) groups is 2. The third-order valence-corrected chi connectivity index (χ3v) is 7.71. The van der Waals surface area contributed by atoms with Crippen molar-refractivity contribution in [3.63, 3.8) is 0 Å². The molecule has 4 rings (SSSR count). The van der Waals surface area contributed by atoms with E-state index in [0.29, 0.717) is 24.2 Å². The van der Waals surface area contributed by atoms with Crippen molar-refractivity contribution in [3.05, 3.63) is 0 Å². The number of amides is 2. The highest BCUT2D eigenvalue weighted by molar-refractivity contribution is 6.47. The topological polar surface area (TPSA) is 88.1 Å². The van der Waals surface area contributed by atoms with Gasteiger partial charge in [0.15, 0.2) is 0 Å². The van der Waals surface area contributed by atoms with Crippen LogP contribution in [0, 0.1) is 23.2 Å². The molecule has 2 amide bonds. The average Bonchev–Trinajstić information content (AvgIpc) is 2.94. The van der Waals surface area contributed by atoms with Gasteiger partial charge in [-0.3, -0.25) is 9.69 Å². The predicted octanol–water partition coefficient (Wildman–Crippen LogP) is 3.56. The second-order valence-electron chi connectivity index (χ2n) is 11.7. The molecule has 0 radical (unpaired) electrons. The SMILES string of the molecule is CC(C)C[C@H](NC(=O)CN(C(=O)O)C(C)(C)C)B1O[C@@H]2C[C@@H]3C[C@@H](C3(C)C)[C@]2(C)O1. The summed E-state index contributed by atoms with van der Waals surface area (Å²) in [4.78, 5) is 25.6. The Morgan fingerprint density at radius 3 is 2.37 bits per heavy atom. The van der Waals surface area contributed by atoms with Gasteiger partial charge in [-0.1, -0.05) is 27.7 Å². The smallest absolute Gasteiger partial charge is 0.465 e. The molecule has 0 unspecified atom stereocenters. The van der Waals surface area contributed by atoms with Gasteiger partial charge >= 0.3 is 13.2 Å². The summed E-state index contributed by atoms with van der Waals surface area (Å²) in [5, 5.41) is 12.5. The van der Waals surface area contributed by atoms with Crippen molar-refractivity contribution < 1.29 is 24.0 Å². The lowest BCUT2D eigenvalue weighted by molar-refractivity contribution is -0.199. The standard InChI is InChI=1S/C22H39BN2O5/c1-13(2)9-17(24-18(26)12-25(19(27)28)20(3,4)5)23-29-16-11-14-10-15(21(14,6)7)22(16,8)30-23/h13-17H,9-12H2,1-8H3,(H,24,26)(H,27,28)/t14-,15-,16+,17-,22-/m0/s1. The first kappa shape index (κ1) is 23.4. The molecule has 8 heteroatoms. The molecule has 0 aromatic heterocycles. The average molecular weight is 422 g/mol. The summed E-state index contributed by atoms with van der Waals surface area (Å²) >= 11 is 0. The number of hydrogen-bond donors (Lipinski definition) is 2. The van der Waals surface area contributed by atoms with Crippen LogP contribution in [0.25, 0.3) is 0 Å². The molecular weight excluding hydrogens is 383 g/mol. The summed E-state index contributed by atoms with van der Waals surface area (Å²) in [7, 11) is -0.505. The van der Waals surface area contributed by atoms with Gasteiger partial charge in [0.05, 0.1) is 17.6 Å². The number of carbonyl (C=O) groups excluding carboxylic acids is 1. The van der Waals surface area contributed by atoms with Crippen LogP contribution in [-0.2, 0) is 14.1 Å². The van der Waals surface area contributed by atoms with E-state index in [4.69, 9.17) is 9.31 Å². The number of hydrogen-bond acceptors (Lipinski definition) is 4. The molecule has 30 heavy (non-hydrogen) atoms. The molecule has 2 N–H and O–H groups in total. The van der Waals surface area contributed by atoms with E-state index in [2.05, 4.69) is 39.9 Å². The second kappa shape index (κ2) is 7.70. The van der Waals surface area contributed by atoms with E-state index >= 15 is 0 Å². The maximum Gasteiger partial charge on any atom is 0.481 e. The monoisotopic (exact) mass is 422 g/mol. The van der Waals surface area contributed by atoms with Crippen molar-refractivity contribution in [3.8, 4) is 0 Å². The Kier molecular flexibility index (Phi) is 6.00. The largest absolute Gasteiger partial charge is 0.481 e. The number of carboxylic acid groups (broad SMARTS) is 1. The van der Waals surface area contributed by atoms with Crippen molar-refractivity contribution in [2.45, 2.75) is 97.8 Å². The van der Waals surface area contributed by atoms with Crippen LogP contribution in [0.2, 0.25) is 0 Å². The molecule has 4 aliphatic rings.